The quantitative estimate of drug-likeness (QED) is 0.792. The van der Waals surface area contributed by atoms with Crippen molar-refractivity contribution in [3.8, 4) is 0 Å². The van der Waals surface area contributed by atoms with E-state index in [1.807, 2.05) is 42.5 Å². The average Bonchev–Trinajstić information content (AvgIpc) is 2.59. The molecule has 0 heterocycles. The van der Waals surface area contributed by atoms with Crippen molar-refractivity contribution in [1.82, 2.24) is 5.32 Å². The van der Waals surface area contributed by atoms with Crippen molar-refractivity contribution >= 4 is 17.5 Å². The van der Waals surface area contributed by atoms with Gasteiger partial charge in [0.25, 0.3) is 0 Å². The standard InChI is InChI=1S/C21H24ClNO2/c22-19-9-5-4-8-16(19)10-11-21(25)23-20(17-13-18(24)14-17)12-15-6-2-1-3-7-15/h1-9,17-18,20,24H,10-14H2,(H,23,25)/t17?,18?,20-/m1/s1. The highest BCUT2D eigenvalue weighted by atomic mass is 35.5. The smallest absolute Gasteiger partial charge is 0.220 e. The summed E-state index contributed by atoms with van der Waals surface area (Å²) in [6.45, 7) is 0. The van der Waals surface area contributed by atoms with E-state index in [1.54, 1.807) is 0 Å². The first-order valence-electron chi connectivity index (χ1n) is 8.86. The molecular formula is C21H24ClNO2. The number of nitrogens with one attached hydrogen (secondary N) is 1. The Hall–Kier alpha value is -1.84. The molecule has 3 nitrogen and oxygen atoms in total. The predicted molar refractivity (Wildman–Crippen MR) is 101 cm³/mol. The SMILES string of the molecule is O=C(CCc1ccccc1Cl)N[C@H](Cc1ccccc1)C1CC(O)C1. The van der Waals surface area contributed by atoms with Gasteiger partial charge in [-0.05, 0) is 48.8 Å². The van der Waals surface area contributed by atoms with E-state index >= 15 is 0 Å². The van der Waals surface area contributed by atoms with Gasteiger partial charge >= 0.3 is 0 Å². The zero-order chi connectivity index (χ0) is 17.6. The summed E-state index contributed by atoms with van der Waals surface area (Å²) < 4.78 is 0. The number of aliphatic hydroxyl groups is 1. The fourth-order valence-electron chi connectivity index (χ4n) is 3.39. The largest absolute Gasteiger partial charge is 0.393 e. The van der Waals surface area contributed by atoms with Gasteiger partial charge in [-0.2, -0.15) is 0 Å². The summed E-state index contributed by atoms with van der Waals surface area (Å²) in [5.74, 6) is 0.390. The first kappa shape index (κ1) is 18.0. The molecule has 0 unspecified atom stereocenters. The average molecular weight is 358 g/mol. The van der Waals surface area contributed by atoms with Gasteiger partial charge in [0.2, 0.25) is 5.91 Å². The van der Waals surface area contributed by atoms with Crippen LogP contribution in [0, 0.1) is 5.92 Å². The molecule has 0 aliphatic heterocycles. The number of carbonyl (C=O) groups excluding carboxylic acids is 1. The van der Waals surface area contributed by atoms with Crippen LogP contribution in [0.1, 0.15) is 30.4 Å². The van der Waals surface area contributed by atoms with Crippen molar-refractivity contribution in [2.24, 2.45) is 5.92 Å². The fraction of sp³-hybridized carbons (Fsp3) is 0.381. The van der Waals surface area contributed by atoms with E-state index in [2.05, 4.69) is 17.4 Å². The lowest BCUT2D eigenvalue weighted by molar-refractivity contribution is -0.122. The van der Waals surface area contributed by atoms with Crippen LogP contribution in [0.5, 0.6) is 0 Å². The molecule has 4 heteroatoms. The van der Waals surface area contributed by atoms with Crippen molar-refractivity contribution < 1.29 is 9.90 Å². The second-order valence-corrected chi connectivity index (χ2v) is 7.25. The van der Waals surface area contributed by atoms with Gasteiger partial charge in [0.05, 0.1) is 6.10 Å². The molecular weight excluding hydrogens is 334 g/mol. The normalized spacial score (nSPS) is 20.6. The number of hydrogen-bond donors (Lipinski definition) is 2. The Kier molecular flexibility index (Phi) is 6.11. The Labute approximate surface area is 154 Å². The second-order valence-electron chi connectivity index (χ2n) is 6.84. The zero-order valence-corrected chi connectivity index (χ0v) is 15.0. The van der Waals surface area contributed by atoms with Crippen LogP contribution >= 0.6 is 11.6 Å². The van der Waals surface area contributed by atoms with Crippen LogP contribution in [-0.4, -0.2) is 23.2 Å². The molecule has 2 aromatic rings. The van der Waals surface area contributed by atoms with Gasteiger partial charge in [0.1, 0.15) is 0 Å². The van der Waals surface area contributed by atoms with Crippen molar-refractivity contribution in [2.75, 3.05) is 0 Å². The van der Waals surface area contributed by atoms with Crippen LogP contribution in [0.3, 0.4) is 0 Å². The number of rotatable bonds is 7. The van der Waals surface area contributed by atoms with E-state index in [4.69, 9.17) is 11.6 Å². The maximum absolute atomic E-state index is 12.4. The number of aryl methyl sites for hydroxylation is 1. The van der Waals surface area contributed by atoms with Crippen molar-refractivity contribution in [3.63, 3.8) is 0 Å². The van der Waals surface area contributed by atoms with E-state index < -0.39 is 0 Å². The molecule has 25 heavy (non-hydrogen) atoms. The molecule has 2 aromatic carbocycles. The maximum Gasteiger partial charge on any atom is 0.220 e. The highest BCUT2D eigenvalue weighted by Crippen LogP contribution is 2.31. The summed E-state index contributed by atoms with van der Waals surface area (Å²) >= 11 is 6.16. The molecule has 0 bridgehead atoms. The van der Waals surface area contributed by atoms with Gasteiger partial charge in [-0.15, -0.1) is 0 Å². The molecule has 1 aliphatic rings. The Morgan fingerprint density at radius 3 is 2.48 bits per heavy atom. The molecule has 0 saturated heterocycles. The predicted octanol–water partition coefficient (Wildman–Crippen LogP) is 3.77. The van der Waals surface area contributed by atoms with Crippen molar-refractivity contribution in [3.05, 3.63) is 70.7 Å². The molecule has 1 atom stereocenters. The summed E-state index contributed by atoms with van der Waals surface area (Å²) in [7, 11) is 0. The van der Waals surface area contributed by atoms with Crippen molar-refractivity contribution in [1.29, 1.82) is 0 Å². The van der Waals surface area contributed by atoms with Crippen LogP contribution in [0.15, 0.2) is 54.6 Å². The highest BCUT2D eigenvalue weighted by molar-refractivity contribution is 6.31. The lowest BCUT2D eigenvalue weighted by atomic mass is 9.75. The highest BCUT2D eigenvalue weighted by Gasteiger charge is 2.34. The third kappa shape index (κ3) is 5.07. The maximum atomic E-state index is 12.4. The van der Waals surface area contributed by atoms with E-state index in [9.17, 15) is 9.90 Å². The van der Waals surface area contributed by atoms with Crippen LogP contribution < -0.4 is 5.32 Å². The number of carbonyl (C=O) groups is 1. The number of hydrogen-bond acceptors (Lipinski definition) is 2. The van der Waals surface area contributed by atoms with Crippen LogP contribution in [-0.2, 0) is 17.6 Å². The van der Waals surface area contributed by atoms with E-state index in [0.29, 0.717) is 23.8 Å². The number of benzene rings is 2. The van der Waals surface area contributed by atoms with Gasteiger partial charge in [-0.1, -0.05) is 60.1 Å². The summed E-state index contributed by atoms with van der Waals surface area (Å²) in [5, 5.41) is 13.5. The molecule has 1 aliphatic carbocycles. The minimum absolute atomic E-state index is 0.0437. The molecule has 1 saturated carbocycles. The molecule has 1 amide bonds. The van der Waals surface area contributed by atoms with E-state index in [1.165, 1.54) is 5.56 Å². The summed E-state index contributed by atoms with van der Waals surface area (Å²) in [6.07, 6.45) is 3.17. The van der Waals surface area contributed by atoms with Crippen molar-refractivity contribution in [2.45, 2.75) is 44.2 Å². The zero-order valence-electron chi connectivity index (χ0n) is 14.2. The number of aliphatic hydroxyl groups excluding tert-OH is 1. The Morgan fingerprint density at radius 1 is 1.12 bits per heavy atom. The summed E-state index contributed by atoms with van der Waals surface area (Å²) in [4.78, 5) is 12.4. The minimum Gasteiger partial charge on any atom is -0.393 e. The summed E-state index contributed by atoms with van der Waals surface area (Å²) in [5.41, 5.74) is 2.21. The Morgan fingerprint density at radius 2 is 1.80 bits per heavy atom. The monoisotopic (exact) mass is 357 g/mol. The molecule has 132 valence electrons. The third-order valence-corrected chi connectivity index (χ3v) is 5.31. The second kappa shape index (κ2) is 8.50. The molecule has 3 rings (SSSR count). The van der Waals surface area contributed by atoms with Crippen LogP contribution in [0.2, 0.25) is 5.02 Å². The minimum atomic E-state index is -0.219. The van der Waals surface area contributed by atoms with E-state index in [0.717, 1.165) is 24.8 Å². The fourth-order valence-corrected chi connectivity index (χ4v) is 3.62. The van der Waals surface area contributed by atoms with Gasteiger partial charge < -0.3 is 10.4 Å². The molecule has 0 radical (unpaired) electrons. The lowest BCUT2D eigenvalue weighted by Gasteiger charge is -2.38. The molecule has 1 fully saturated rings. The van der Waals surface area contributed by atoms with Gasteiger partial charge in [-0.3, -0.25) is 4.79 Å². The third-order valence-electron chi connectivity index (χ3n) is 4.94. The van der Waals surface area contributed by atoms with Gasteiger partial charge in [0, 0.05) is 17.5 Å². The van der Waals surface area contributed by atoms with Gasteiger partial charge in [0.15, 0.2) is 0 Å². The number of halogens is 1. The van der Waals surface area contributed by atoms with Crippen LogP contribution in [0.25, 0.3) is 0 Å². The Balaban J connectivity index is 1.57. The summed E-state index contributed by atoms with van der Waals surface area (Å²) in [6, 6.07) is 17.9. The Bertz CT molecular complexity index is 698. The van der Waals surface area contributed by atoms with Gasteiger partial charge in [-0.25, -0.2) is 0 Å². The first-order chi connectivity index (χ1) is 12.1. The molecule has 2 N–H and O–H groups in total. The lowest BCUT2D eigenvalue weighted by Crippen LogP contribution is -2.48. The molecule has 0 spiro atoms. The van der Waals surface area contributed by atoms with Crippen LogP contribution in [0.4, 0.5) is 0 Å². The first-order valence-corrected chi connectivity index (χ1v) is 9.24. The number of amides is 1. The topological polar surface area (TPSA) is 49.3 Å². The molecule has 0 aromatic heterocycles. The van der Waals surface area contributed by atoms with E-state index in [-0.39, 0.29) is 18.1 Å².